The van der Waals surface area contributed by atoms with Gasteiger partial charge in [0.1, 0.15) is 5.69 Å². The number of benzene rings is 1. The molecule has 0 saturated heterocycles. The second-order valence-electron chi connectivity index (χ2n) is 5.64. The fourth-order valence-electron chi connectivity index (χ4n) is 2.23. The van der Waals surface area contributed by atoms with Crippen molar-refractivity contribution in [3.63, 3.8) is 0 Å². The molecule has 2 N–H and O–H groups in total. The third-order valence-electron chi connectivity index (χ3n) is 3.64. The Balaban J connectivity index is 1.89. The molecule has 0 atom stereocenters. The molecule has 0 spiro atoms. The topological polar surface area (TPSA) is 71.1 Å². The molecule has 0 aliphatic carbocycles. The van der Waals surface area contributed by atoms with Crippen LogP contribution in [0.5, 0.6) is 0 Å². The molecule has 142 valence electrons. The van der Waals surface area contributed by atoms with Crippen LogP contribution in [0.3, 0.4) is 0 Å². The average molecular weight is 377 g/mol. The van der Waals surface area contributed by atoms with Crippen LogP contribution in [0.25, 0.3) is 0 Å². The van der Waals surface area contributed by atoms with Crippen LogP contribution < -0.4 is 10.6 Å². The van der Waals surface area contributed by atoms with E-state index in [0.29, 0.717) is 18.5 Å². The zero-order valence-electron chi connectivity index (χ0n) is 14.3. The van der Waals surface area contributed by atoms with Crippen molar-refractivity contribution in [1.29, 1.82) is 0 Å². The number of hydrogen-bond acceptors (Lipinski definition) is 3. The summed E-state index contributed by atoms with van der Waals surface area (Å²) in [6, 6.07) is 10.3. The highest BCUT2D eigenvalue weighted by Gasteiger charge is 2.32. The first kappa shape index (κ1) is 20.2. The first-order valence-electron chi connectivity index (χ1n) is 8.10. The Morgan fingerprint density at radius 1 is 1.07 bits per heavy atom. The summed E-state index contributed by atoms with van der Waals surface area (Å²) in [7, 11) is 0. The number of halogens is 3. The van der Waals surface area contributed by atoms with E-state index in [1.807, 2.05) is 0 Å². The summed E-state index contributed by atoms with van der Waals surface area (Å²) < 4.78 is 37.9. The summed E-state index contributed by atoms with van der Waals surface area (Å²) in [6.07, 6.45) is -2.75. The van der Waals surface area contributed by atoms with Gasteiger partial charge in [0.15, 0.2) is 0 Å². The first-order valence-corrected chi connectivity index (χ1v) is 8.10. The molecule has 27 heavy (non-hydrogen) atoms. The number of carbonyl (C=O) groups excluding carboxylic acids is 2. The Morgan fingerprint density at radius 2 is 1.78 bits per heavy atom. The molecule has 2 aromatic rings. The molecule has 1 heterocycles. The summed E-state index contributed by atoms with van der Waals surface area (Å²) in [5.74, 6) is -0.671. The van der Waals surface area contributed by atoms with Crippen molar-refractivity contribution in [2.24, 2.45) is 0 Å². The van der Waals surface area contributed by atoms with Gasteiger partial charge in [-0.2, -0.15) is 13.2 Å². The molecule has 0 radical (unpaired) electrons. The van der Waals surface area contributed by atoms with Gasteiger partial charge >= 0.3 is 6.18 Å². The van der Waals surface area contributed by atoms with E-state index in [1.54, 1.807) is 24.3 Å². The lowest BCUT2D eigenvalue weighted by Gasteiger charge is -2.09. The molecule has 2 amide bonds. The second kappa shape index (κ2) is 8.98. The van der Waals surface area contributed by atoms with Gasteiger partial charge < -0.3 is 10.6 Å². The number of rotatable bonds is 7. The molecule has 1 aromatic carbocycles. The zero-order chi connectivity index (χ0) is 19.9. The third-order valence-corrected chi connectivity index (χ3v) is 3.64. The molecule has 8 heteroatoms. The Hall–Kier alpha value is -3.16. The summed E-state index contributed by atoms with van der Waals surface area (Å²) in [5, 5.41) is 5.19. The molecule has 0 saturated carbocycles. The molecule has 5 nitrogen and oxygen atoms in total. The minimum Gasteiger partial charge on any atom is -0.352 e. The van der Waals surface area contributed by atoms with Gasteiger partial charge in [-0.3, -0.25) is 9.59 Å². The van der Waals surface area contributed by atoms with Gasteiger partial charge in [-0.15, -0.1) is 0 Å². The van der Waals surface area contributed by atoms with Gasteiger partial charge in [0, 0.05) is 12.1 Å². The Bertz CT molecular complexity index is 818. The van der Waals surface area contributed by atoms with E-state index >= 15 is 0 Å². The van der Waals surface area contributed by atoms with E-state index in [0.717, 1.165) is 11.6 Å². The third kappa shape index (κ3) is 6.25. The van der Waals surface area contributed by atoms with Crippen molar-refractivity contribution < 1.29 is 22.8 Å². The smallest absolute Gasteiger partial charge is 0.352 e. The van der Waals surface area contributed by atoms with Crippen LogP contribution in [0.2, 0.25) is 0 Å². The van der Waals surface area contributed by atoms with Crippen molar-refractivity contribution in [2.45, 2.75) is 19.1 Å². The molecular formula is C19H18F3N3O2. The first-order chi connectivity index (χ1) is 12.8. The maximum absolute atomic E-state index is 12.6. The van der Waals surface area contributed by atoms with Crippen LogP contribution >= 0.6 is 0 Å². The summed E-state index contributed by atoms with van der Waals surface area (Å²) in [6.45, 7) is 3.69. The molecule has 0 aliphatic rings. The van der Waals surface area contributed by atoms with Crippen LogP contribution in [0, 0.1) is 0 Å². The second-order valence-corrected chi connectivity index (χ2v) is 5.64. The van der Waals surface area contributed by atoms with Crippen molar-refractivity contribution >= 4 is 11.8 Å². The van der Waals surface area contributed by atoms with Crippen molar-refractivity contribution in [2.75, 3.05) is 6.54 Å². The Morgan fingerprint density at radius 3 is 2.41 bits per heavy atom. The molecule has 0 aliphatic heterocycles. The molecule has 1 aromatic heterocycles. The minimum absolute atomic E-state index is 0.113. The van der Waals surface area contributed by atoms with Gasteiger partial charge in [-0.25, -0.2) is 4.98 Å². The summed E-state index contributed by atoms with van der Waals surface area (Å²) in [4.78, 5) is 26.7. The summed E-state index contributed by atoms with van der Waals surface area (Å²) in [5.41, 5.74) is 0.422. The van der Waals surface area contributed by atoms with Gasteiger partial charge in [-0.1, -0.05) is 24.8 Å². The number of pyridine rings is 1. The number of aromatic nitrogens is 1. The maximum atomic E-state index is 12.6. The van der Waals surface area contributed by atoms with Gasteiger partial charge in [0.2, 0.25) is 5.91 Å². The largest absolute Gasteiger partial charge is 0.433 e. The predicted molar refractivity (Wildman–Crippen MR) is 93.8 cm³/mol. The quantitative estimate of drug-likeness (QED) is 0.729. The fraction of sp³-hybridized carbons (Fsp3) is 0.211. The minimum atomic E-state index is -4.53. The predicted octanol–water partition coefficient (Wildman–Crippen LogP) is 2.88. The lowest BCUT2D eigenvalue weighted by atomic mass is 10.1. The molecule has 0 bridgehead atoms. The lowest BCUT2D eigenvalue weighted by molar-refractivity contribution is -0.141. The van der Waals surface area contributed by atoms with E-state index in [-0.39, 0.29) is 18.1 Å². The number of nitrogens with zero attached hydrogens (tertiary/aromatic N) is 1. The van der Waals surface area contributed by atoms with Crippen LogP contribution in [0.15, 0.2) is 55.1 Å². The highest BCUT2D eigenvalue weighted by molar-refractivity contribution is 5.94. The van der Waals surface area contributed by atoms with E-state index in [2.05, 4.69) is 22.2 Å². The standard InChI is InChI=1S/C19H18F3N3O2/c1-2-17(26)23-11-10-13-6-8-14(9-7-13)18(27)24-12-15-4-3-5-16(25-15)19(20,21)22/h2-9H,1,10-12H2,(H,23,26)(H,24,27). The molecule has 0 unspecified atom stereocenters. The van der Waals surface area contributed by atoms with Crippen molar-refractivity contribution in [1.82, 2.24) is 15.6 Å². The maximum Gasteiger partial charge on any atom is 0.433 e. The van der Waals surface area contributed by atoms with Gasteiger partial charge in [0.05, 0.1) is 12.2 Å². The summed E-state index contributed by atoms with van der Waals surface area (Å²) >= 11 is 0. The van der Waals surface area contributed by atoms with E-state index < -0.39 is 17.8 Å². The zero-order valence-corrected chi connectivity index (χ0v) is 14.3. The molecule has 2 rings (SSSR count). The van der Waals surface area contributed by atoms with Crippen molar-refractivity contribution in [3.05, 3.63) is 77.6 Å². The number of alkyl halides is 3. The normalized spacial score (nSPS) is 10.9. The van der Waals surface area contributed by atoms with E-state index in [1.165, 1.54) is 18.2 Å². The van der Waals surface area contributed by atoms with Crippen LogP contribution in [-0.4, -0.2) is 23.3 Å². The molecule has 0 fully saturated rings. The number of amides is 2. The SMILES string of the molecule is C=CC(=O)NCCc1ccc(C(=O)NCc2cccc(C(F)(F)F)n2)cc1. The highest BCUT2D eigenvalue weighted by Crippen LogP contribution is 2.27. The van der Waals surface area contributed by atoms with E-state index in [9.17, 15) is 22.8 Å². The average Bonchev–Trinajstić information content (AvgIpc) is 2.66. The Labute approximate surface area is 154 Å². The lowest BCUT2D eigenvalue weighted by Crippen LogP contribution is -2.24. The van der Waals surface area contributed by atoms with Crippen LogP contribution in [0.4, 0.5) is 13.2 Å². The van der Waals surface area contributed by atoms with Crippen LogP contribution in [0.1, 0.15) is 27.3 Å². The highest BCUT2D eigenvalue weighted by atomic mass is 19.4. The molecular weight excluding hydrogens is 359 g/mol. The van der Waals surface area contributed by atoms with Gasteiger partial charge in [-0.05, 0) is 42.3 Å². The van der Waals surface area contributed by atoms with Gasteiger partial charge in [0.25, 0.3) is 5.91 Å². The Kier molecular flexibility index (Phi) is 6.70. The van der Waals surface area contributed by atoms with Crippen LogP contribution in [-0.2, 0) is 23.9 Å². The van der Waals surface area contributed by atoms with E-state index in [4.69, 9.17) is 0 Å². The number of hydrogen-bond donors (Lipinski definition) is 2. The number of nitrogens with one attached hydrogen (secondary N) is 2. The number of carbonyl (C=O) groups is 2. The van der Waals surface area contributed by atoms with Crippen molar-refractivity contribution in [3.8, 4) is 0 Å². The fourth-order valence-corrected chi connectivity index (χ4v) is 2.23. The monoisotopic (exact) mass is 377 g/mol.